The molecule has 16 heavy (non-hydrogen) atoms. The third kappa shape index (κ3) is 2.75. The molecule has 1 aromatic rings. The molecule has 0 aliphatic rings. The van der Waals surface area contributed by atoms with Gasteiger partial charge in [-0.05, 0) is 60.6 Å². The minimum atomic E-state index is 0.0893. The molecule has 0 saturated carbocycles. The van der Waals surface area contributed by atoms with Crippen LogP contribution in [0.2, 0.25) is 0 Å². The molecule has 1 rings (SSSR count). The second-order valence-corrected chi connectivity index (χ2v) is 6.28. The van der Waals surface area contributed by atoms with Crippen LogP contribution in [0.4, 0.5) is 5.69 Å². The zero-order valence-corrected chi connectivity index (χ0v) is 11.6. The van der Waals surface area contributed by atoms with E-state index < -0.39 is 0 Å². The van der Waals surface area contributed by atoms with Crippen LogP contribution >= 0.6 is 0 Å². The van der Waals surface area contributed by atoms with Crippen LogP contribution in [-0.2, 0) is 0 Å². The van der Waals surface area contributed by atoms with Gasteiger partial charge in [0, 0.05) is 17.3 Å². The lowest BCUT2D eigenvalue weighted by Gasteiger charge is -2.47. The third-order valence-corrected chi connectivity index (χ3v) is 2.56. The van der Waals surface area contributed by atoms with E-state index in [0.29, 0.717) is 0 Å². The number of rotatable bonds is 1. The highest BCUT2D eigenvalue weighted by atomic mass is 15.2. The minimum absolute atomic E-state index is 0.0893. The number of hydrogen-bond acceptors (Lipinski definition) is 2. The van der Waals surface area contributed by atoms with Gasteiger partial charge in [-0.15, -0.1) is 0 Å². The van der Waals surface area contributed by atoms with E-state index in [0.717, 1.165) is 5.69 Å². The lowest BCUT2D eigenvalue weighted by atomic mass is 9.94. The molecule has 0 unspecified atom stereocenters. The maximum absolute atomic E-state index is 4.39. The fraction of sp³-hybridized carbons (Fsp3) is 0.643. The Kier molecular flexibility index (Phi) is 3.32. The predicted octanol–water partition coefficient (Wildman–Crippen LogP) is 3.79. The summed E-state index contributed by atoms with van der Waals surface area (Å²) in [6, 6.07) is 4.16. The van der Waals surface area contributed by atoms with Crippen LogP contribution in [0, 0.1) is 6.92 Å². The molecule has 0 N–H and O–H groups in total. The standard InChI is InChI=1S/C14H24N2/c1-11-12(9-8-10-15-11)16(13(2,3)4)14(5,6)7/h8-10H,1-7H3. The number of anilines is 1. The van der Waals surface area contributed by atoms with Gasteiger partial charge in [-0.3, -0.25) is 4.98 Å². The van der Waals surface area contributed by atoms with Crippen LogP contribution < -0.4 is 4.90 Å². The first-order chi connectivity index (χ1) is 7.14. The summed E-state index contributed by atoms with van der Waals surface area (Å²) in [6.07, 6.45) is 1.85. The van der Waals surface area contributed by atoms with Crippen molar-refractivity contribution < 1.29 is 0 Å². The van der Waals surface area contributed by atoms with E-state index in [1.807, 2.05) is 12.3 Å². The number of nitrogens with zero attached hydrogens (tertiary/aromatic N) is 2. The lowest BCUT2D eigenvalue weighted by molar-refractivity contribution is 0.379. The van der Waals surface area contributed by atoms with Crippen molar-refractivity contribution in [2.24, 2.45) is 0 Å². The van der Waals surface area contributed by atoms with Crippen molar-refractivity contribution in [3.8, 4) is 0 Å². The van der Waals surface area contributed by atoms with Crippen LogP contribution in [0.3, 0.4) is 0 Å². The van der Waals surface area contributed by atoms with Crippen molar-refractivity contribution in [2.75, 3.05) is 4.90 Å². The Morgan fingerprint density at radius 2 is 1.50 bits per heavy atom. The summed E-state index contributed by atoms with van der Waals surface area (Å²) in [5, 5.41) is 0. The first-order valence-electron chi connectivity index (χ1n) is 5.86. The van der Waals surface area contributed by atoms with E-state index in [-0.39, 0.29) is 11.1 Å². The summed E-state index contributed by atoms with van der Waals surface area (Å²) in [5.74, 6) is 0. The molecule has 0 aromatic carbocycles. The van der Waals surface area contributed by atoms with Crippen LogP contribution in [-0.4, -0.2) is 16.1 Å². The minimum Gasteiger partial charge on any atom is -0.360 e. The molecule has 0 atom stereocenters. The largest absolute Gasteiger partial charge is 0.360 e. The maximum atomic E-state index is 4.39. The molecule has 1 aromatic heterocycles. The maximum Gasteiger partial charge on any atom is 0.0606 e. The van der Waals surface area contributed by atoms with Crippen molar-refractivity contribution in [2.45, 2.75) is 59.5 Å². The van der Waals surface area contributed by atoms with Crippen molar-refractivity contribution in [1.82, 2.24) is 4.98 Å². The van der Waals surface area contributed by atoms with E-state index in [1.54, 1.807) is 0 Å². The molecule has 0 spiro atoms. The molecule has 0 aliphatic carbocycles. The van der Waals surface area contributed by atoms with Crippen molar-refractivity contribution >= 4 is 5.69 Å². The van der Waals surface area contributed by atoms with E-state index in [1.165, 1.54) is 5.69 Å². The predicted molar refractivity (Wildman–Crippen MR) is 71.0 cm³/mol. The average Bonchev–Trinajstić information content (AvgIpc) is 2.03. The smallest absolute Gasteiger partial charge is 0.0606 e. The lowest BCUT2D eigenvalue weighted by Crippen LogP contribution is -2.53. The number of aromatic nitrogens is 1. The number of aryl methyl sites for hydroxylation is 1. The van der Waals surface area contributed by atoms with Crippen LogP contribution in [0.15, 0.2) is 18.3 Å². The third-order valence-electron chi connectivity index (χ3n) is 2.56. The second-order valence-electron chi connectivity index (χ2n) is 6.28. The molecule has 0 fully saturated rings. The molecule has 0 amide bonds. The molecule has 90 valence electrons. The van der Waals surface area contributed by atoms with Gasteiger partial charge in [0.25, 0.3) is 0 Å². The van der Waals surface area contributed by atoms with Gasteiger partial charge in [0.2, 0.25) is 0 Å². The fourth-order valence-electron chi connectivity index (χ4n) is 2.44. The zero-order valence-electron chi connectivity index (χ0n) is 11.6. The van der Waals surface area contributed by atoms with Crippen LogP contribution in [0.25, 0.3) is 0 Å². The number of hydrogen-bond donors (Lipinski definition) is 0. The fourth-order valence-corrected chi connectivity index (χ4v) is 2.44. The van der Waals surface area contributed by atoms with Gasteiger partial charge in [-0.25, -0.2) is 0 Å². The van der Waals surface area contributed by atoms with E-state index >= 15 is 0 Å². The summed E-state index contributed by atoms with van der Waals surface area (Å²) < 4.78 is 0. The average molecular weight is 220 g/mol. The molecular weight excluding hydrogens is 196 g/mol. The Hall–Kier alpha value is -1.05. The first kappa shape index (κ1) is 13.0. The van der Waals surface area contributed by atoms with Crippen molar-refractivity contribution in [3.05, 3.63) is 24.0 Å². The molecule has 2 heteroatoms. The molecule has 1 heterocycles. The summed E-state index contributed by atoms with van der Waals surface area (Å²) in [4.78, 5) is 6.82. The van der Waals surface area contributed by atoms with Crippen molar-refractivity contribution in [1.29, 1.82) is 0 Å². The van der Waals surface area contributed by atoms with Gasteiger partial charge in [0.1, 0.15) is 0 Å². The Morgan fingerprint density at radius 3 is 1.88 bits per heavy atom. The SMILES string of the molecule is Cc1ncccc1N(C(C)(C)C)C(C)(C)C. The molecule has 0 saturated heterocycles. The highest BCUT2D eigenvalue weighted by molar-refractivity contribution is 5.54. The zero-order chi connectivity index (χ0) is 12.6. The monoisotopic (exact) mass is 220 g/mol. The normalized spacial score (nSPS) is 12.7. The molecule has 2 nitrogen and oxygen atoms in total. The summed E-state index contributed by atoms with van der Waals surface area (Å²) in [5.41, 5.74) is 2.49. The van der Waals surface area contributed by atoms with Gasteiger partial charge in [-0.2, -0.15) is 0 Å². The van der Waals surface area contributed by atoms with Gasteiger partial charge in [0.15, 0.2) is 0 Å². The topological polar surface area (TPSA) is 16.1 Å². The van der Waals surface area contributed by atoms with Gasteiger partial charge < -0.3 is 4.90 Å². The highest BCUT2D eigenvalue weighted by Gasteiger charge is 2.32. The van der Waals surface area contributed by atoms with E-state index in [2.05, 4.69) is 64.4 Å². The number of pyridine rings is 1. The Balaban J connectivity index is 3.29. The Labute approximate surface area is 99.7 Å². The summed E-state index contributed by atoms with van der Waals surface area (Å²) >= 11 is 0. The van der Waals surface area contributed by atoms with Gasteiger partial charge >= 0.3 is 0 Å². The van der Waals surface area contributed by atoms with E-state index in [4.69, 9.17) is 0 Å². The highest BCUT2D eigenvalue weighted by Crippen LogP contribution is 2.33. The quantitative estimate of drug-likeness (QED) is 0.715. The van der Waals surface area contributed by atoms with Crippen molar-refractivity contribution in [3.63, 3.8) is 0 Å². The van der Waals surface area contributed by atoms with Gasteiger partial charge in [0.05, 0.1) is 11.4 Å². The molecule has 0 radical (unpaired) electrons. The molecular formula is C14H24N2. The van der Waals surface area contributed by atoms with E-state index in [9.17, 15) is 0 Å². The van der Waals surface area contributed by atoms with Crippen LogP contribution in [0.1, 0.15) is 47.2 Å². The second kappa shape index (κ2) is 4.08. The Morgan fingerprint density at radius 1 is 1.00 bits per heavy atom. The molecule has 0 aliphatic heterocycles. The summed E-state index contributed by atoms with van der Waals surface area (Å²) in [6.45, 7) is 15.5. The molecule has 0 bridgehead atoms. The first-order valence-corrected chi connectivity index (χ1v) is 5.86. The summed E-state index contributed by atoms with van der Waals surface area (Å²) in [7, 11) is 0. The van der Waals surface area contributed by atoms with Crippen LogP contribution in [0.5, 0.6) is 0 Å². The Bertz CT molecular complexity index is 342. The van der Waals surface area contributed by atoms with Gasteiger partial charge in [-0.1, -0.05) is 0 Å².